The van der Waals surface area contributed by atoms with E-state index in [-0.39, 0.29) is 0 Å². The van der Waals surface area contributed by atoms with Gasteiger partial charge in [-0.1, -0.05) is 17.2 Å². The fraction of sp³-hybridized carbons (Fsp3) is 0.462. The maximum atomic E-state index is 10.6. The molecule has 20 heavy (non-hydrogen) atoms. The predicted molar refractivity (Wildman–Crippen MR) is 74.5 cm³/mol. The van der Waals surface area contributed by atoms with Crippen LogP contribution in [-0.4, -0.2) is 30.3 Å². The Bertz CT molecular complexity index is 469. The van der Waals surface area contributed by atoms with Gasteiger partial charge in [0.05, 0.1) is 6.61 Å². The molecule has 0 aliphatic carbocycles. The first kappa shape index (κ1) is 15.8. The number of nitrogens with two attached hydrogens (primary N) is 1. The summed E-state index contributed by atoms with van der Waals surface area (Å²) in [5.74, 6) is -0.285. The number of nitrogens with zero attached hydrogens (tertiary/aromatic N) is 3. The van der Waals surface area contributed by atoms with Gasteiger partial charge in [0.2, 0.25) is 0 Å². The number of carbonyl (C=O) groups is 1. The van der Waals surface area contributed by atoms with E-state index in [1.165, 1.54) is 0 Å². The third kappa shape index (κ3) is 6.08. The molecule has 7 heteroatoms. The Hall–Kier alpha value is -2.24. The van der Waals surface area contributed by atoms with Crippen molar-refractivity contribution in [1.29, 1.82) is 0 Å². The maximum Gasteiger partial charge on any atom is 0.320 e. The summed E-state index contributed by atoms with van der Waals surface area (Å²) in [5, 5.41) is 12.2. The molecule has 1 atom stereocenters. The summed E-state index contributed by atoms with van der Waals surface area (Å²) >= 11 is 0. The maximum absolute atomic E-state index is 10.6. The highest BCUT2D eigenvalue weighted by molar-refractivity contribution is 5.73. The molecular formula is C13H18N4O3. The Morgan fingerprint density at radius 3 is 2.70 bits per heavy atom. The van der Waals surface area contributed by atoms with Crippen LogP contribution in [0.1, 0.15) is 18.4 Å². The van der Waals surface area contributed by atoms with Crippen molar-refractivity contribution in [3.63, 3.8) is 0 Å². The van der Waals surface area contributed by atoms with Gasteiger partial charge in [-0.3, -0.25) is 4.79 Å². The van der Waals surface area contributed by atoms with Crippen LogP contribution < -0.4 is 10.5 Å². The molecule has 0 heterocycles. The van der Waals surface area contributed by atoms with Gasteiger partial charge in [-0.2, -0.15) is 0 Å². The average molecular weight is 278 g/mol. The molecule has 0 fully saturated rings. The second kappa shape index (κ2) is 8.79. The van der Waals surface area contributed by atoms with Crippen molar-refractivity contribution in [3.05, 3.63) is 40.3 Å². The molecule has 108 valence electrons. The third-order valence-electron chi connectivity index (χ3n) is 2.68. The van der Waals surface area contributed by atoms with Crippen LogP contribution in [0, 0.1) is 0 Å². The van der Waals surface area contributed by atoms with Gasteiger partial charge in [-0.15, -0.1) is 0 Å². The van der Waals surface area contributed by atoms with E-state index in [9.17, 15) is 4.79 Å². The fourth-order valence-electron chi connectivity index (χ4n) is 1.58. The van der Waals surface area contributed by atoms with Crippen molar-refractivity contribution in [3.8, 4) is 5.75 Å². The summed E-state index contributed by atoms with van der Waals surface area (Å²) in [6.45, 7) is 1.03. The summed E-state index contributed by atoms with van der Waals surface area (Å²) in [7, 11) is 0. The van der Waals surface area contributed by atoms with Crippen LogP contribution in [0.4, 0.5) is 0 Å². The summed E-state index contributed by atoms with van der Waals surface area (Å²) in [6.07, 6.45) is 1.89. The Balaban J connectivity index is 2.31. The van der Waals surface area contributed by atoms with Crippen LogP contribution in [0.25, 0.3) is 10.4 Å². The van der Waals surface area contributed by atoms with Gasteiger partial charge >= 0.3 is 5.97 Å². The molecule has 0 aliphatic heterocycles. The van der Waals surface area contributed by atoms with E-state index in [0.29, 0.717) is 19.6 Å². The number of hydrogen-bond acceptors (Lipinski definition) is 4. The monoisotopic (exact) mass is 278 g/mol. The molecule has 1 aromatic carbocycles. The lowest BCUT2D eigenvalue weighted by Crippen LogP contribution is -2.32. The number of unbranched alkanes of at least 4 members (excludes halogenated alkanes) is 1. The Morgan fingerprint density at radius 1 is 1.40 bits per heavy atom. The molecule has 7 nitrogen and oxygen atoms in total. The second-order valence-electron chi connectivity index (χ2n) is 4.30. The zero-order valence-corrected chi connectivity index (χ0v) is 11.1. The highest BCUT2D eigenvalue weighted by Crippen LogP contribution is 2.13. The first-order chi connectivity index (χ1) is 9.63. The van der Waals surface area contributed by atoms with Crippen LogP contribution >= 0.6 is 0 Å². The van der Waals surface area contributed by atoms with E-state index in [1.807, 2.05) is 0 Å². The zero-order valence-electron chi connectivity index (χ0n) is 11.1. The van der Waals surface area contributed by atoms with Gasteiger partial charge < -0.3 is 15.6 Å². The van der Waals surface area contributed by atoms with E-state index in [0.717, 1.165) is 24.2 Å². The van der Waals surface area contributed by atoms with Crippen molar-refractivity contribution in [1.82, 2.24) is 0 Å². The second-order valence-corrected chi connectivity index (χ2v) is 4.30. The van der Waals surface area contributed by atoms with Crippen molar-refractivity contribution < 1.29 is 14.6 Å². The molecule has 1 aromatic rings. The quantitative estimate of drug-likeness (QED) is 0.311. The number of aliphatic carboxylic acids is 1. The number of benzene rings is 1. The fourth-order valence-corrected chi connectivity index (χ4v) is 1.58. The van der Waals surface area contributed by atoms with E-state index in [4.69, 9.17) is 21.1 Å². The summed E-state index contributed by atoms with van der Waals surface area (Å²) < 4.78 is 5.51. The van der Waals surface area contributed by atoms with Gasteiger partial charge in [-0.05, 0) is 42.5 Å². The molecule has 0 radical (unpaired) electrons. The number of hydrogen-bond donors (Lipinski definition) is 2. The predicted octanol–water partition coefficient (Wildman–Crippen LogP) is 2.11. The van der Waals surface area contributed by atoms with E-state index < -0.39 is 12.0 Å². The molecule has 1 rings (SSSR count). The Labute approximate surface area is 117 Å². The molecule has 0 bridgehead atoms. The van der Waals surface area contributed by atoms with Gasteiger partial charge in [0, 0.05) is 11.5 Å². The summed E-state index contributed by atoms with van der Waals surface area (Å²) in [5.41, 5.74) is 14.4. The standard InChI is InChI=1S/C13H18N4O3/c14-12(13(18)19)9-10-3-5-11(6-4-10)20-8-2-1-7-16-17-15/h3-6,12H,1-2,7-9,14H2,(H,18,19)/t12-/m1/s1. The minimum Gasteiger partial charge on any atom is -0.494 e. The Kier molecular flexibility index (Phi) is 6.95. The van der Waals surface area contributed by atoms with Crippen molar-refractivity contribution in [2.75, 3.05) is 13.2 Å². The molecule has 0 aliphatic rings. The lowest BCUT2D eigenvalue weighted by Gasteiger charge is -2.08. The highest BCUT2D eigenvalue weighted by atomic mass is 16.5. The van der Waals surface area contributed by atoms with Crippen LogP contribution in [0.5, 0.6) is 5.75 Å². The minimum absolute atomic E-state index is 0.293. The molecule has 0 amide bonds. The normalized spacial score (nSPS) is 11.4. The molecule has 0 saturated heterocycles. The summed E-state index contributed by atoms with van der Waals surface area (Å²) in [6, 6.07) is 6.30. The number of carboxylic acids is 1. The topological polar surface area (TPSA) is 121 Å². The highest BCUT2D eigenvalue weighted by Gasteiger charge is 2.11. The van der Waals surface area contributed by atoms with Gasteiger partial charge in [0.25, 0.3) is 0 Å². The molecule has 0 saturated carbocycles. The van der Waals surface area contributed by atoms with Crippen LogP contribution in [0.15, 0.2) is 29.4 Å². The first-order valence-corrected chi connectivity index (χ1v) is 6.34. The lowest BCUT2D eigenvalue weighted by molar-refractivity contribution is -0.138. The number of carboxylic acid groups (broad SMARTS) is 1. The largest absolute Gasteiger partial charge is 0.494 e. The number of ether oxygens (including phenoxy) is 1. The average Bonchev–Trinajstić information content (AvgIpc) is 2.44. The Morgan fingerprint density at radius 2 is 2.10 bits per heavy atom. The van der Waals surface area contributed by atoms with Gasteiger partial charge in [0.15, 0.2) is 0 Å². The van der Waals surface area contributed by atoms with E-state index in [1.54, 1.807) is 24.3 Å². The van der Waals surface area contributed by atoms with Gasteiger partial charge in [-0.25, -0.2) is 0 Å². The van der Waals surface area contributed by atoms with Crippen molar-refractivity contribution in [2.24, 2.45) is 10.8 Å². The van der Waals surface area contributed by atoms with Crippen LogP contribution in [0.3, 0.4) is 0 Å². The number of rotatable bonds is 9. The third-order valence-corrected chi connectivity index (χ3v) is 2.68. The molecule has 0 spiro atoms. The van der Waals surface area contributed by atoms with Crippen LogP contribution in [-0.2, 0) is 11.2 Å². The summed E-state index contributed by atoms with van der Waals surface area (Å²) in [4.78, 5) is 13.3. The van der Waals surface area contributed by atoms with Crippen molar-refractivity contribution >= 4 is 5.97 Å². The molecule has 3 N–H and O–H groups in total. The molecule has 0 aromatic heterocycles. The zero-order chi connectivity index (χ0) is 14.8. The van der Waals surface area contributed by atoms with Gasteiger partial charge in [0.1, 0.15) is 11.8 Å². The van der Waals surface area contributed by atoms with Crippen molar-refractivity contribution in [2.45, 2.75) is 25.3 Å². The molecular weight excluding hydrogens is 260 g/mol. The lowest BCUT2D eigenvalue weighted by atomic mass is 10.1. The van der Waals surface area contributed by atoms with E-state index in [2.05, 4.69) is 10.0 Å². The van der Waals surface area contributed by atoms with Crippen LogP contribution in [0.2, 0.25) is 0 Å². The minimum atomic E-state index is -1.01. The SMILES string of the molecule is [N-]=[N+]=NCCCCOc1ccc(C[C@@H](N)C(=O)O)cc1. The smallest absolute Gasteiger partial charge is 0.320 e. The number of azide groups is 1. The van der Waals surface area contributed by atoms with E-state index >= 15 is 0 Å². The molecule has 0 unspecified atom stereocenters. The first-order valence-electron chi connectivity index (χ1n) is 6.34.